The summed E-state index contributed by atoms with van der Waals surface area (Å²) in [5, 5.41) is 8.86. The second kappa shape index (κ2) is 6.11. The van der Waals surface area contributed by atoms with Crippen molar-refractivity contribution in [3.05, 3.63) is 0 Å². The molecule has 0 heterocycles. The van der Waals surface area contributed by atoms with E-state index in [-0.39, 0.29) is 6.54 Å². The molecule has 0 saturated heterocycles. The molecule has 88 valence electrons. The molecule has 0 radical (unpaired) electrons. The Hall–Kier alpha value is -0.570. The van der Waals surface area contributed by atoms with Crippen LogP contribution in [0.25, 0.3) is 0 Å². The molecule has 1 fully saturated rings. The molecule has 0 aromatic rings. The molecule has 1 rings (SSSR count). The molecule has 1 saturated carbocycles. The zero-order valence-corrected chi connectivity index (χ0v) is 9.91. The Morgan fingerprint density at radius 1 is 1.47 bits per heavy atom. The van der Waals surface area contributed by atoms with Crippen molar-refractivity contribution in [1.29, 1.82) is 0 Å². The average molecular weight is 213 g/mol. The van der Waals surface area contributed by atoms with Crippen molar-refractivity contribution in [2.24, 2.45) is 5.92 Å². The van der Waals surface area contributed by atoms with E-state index in [0.29, 0.717) is 6.04 Å². The van der Waals surface area contributed by atoms with Crippen LogP contribution in [-0.4, -0.2) is 35.1 Å². The van der Waals surface area contributed by atoms with E-state index in [0.717, 1.165) is 18.9 Å². The predicted molar refractivity (Wildman–Crippen MR) is 60.9 cm³/mol. The van der Waals surface area contributed by atoms with Gasteiger partial charge in [0, 0.05) is 6.04 Å². The van der Waals surface area contributed by atoms with Crippen molar-refractivity contribution in [1.82, 2.24) is 4.90 Å². The van der Waals surface area contributed by atoms with E-state index >= 15 is 0 Å². The van der Waals surface area contributed by atoms with Crippen molar-refractivity contribution >= 4 is 5.97 Å². The minimum absolute atomic E-state index is 0.200. The first kappa shape index (κ1) is 12.5. The molecule has 1 N–H and O–H groups in total. The lowest BCUT2D eigenvalue weighted by molar-refractivity contribution is -0.139. The highest BCUT2D eigenvalue weighted by Gasteiger charge is 2.26. The topological polar surface area (TPSA) is 40.5 Å². The maximum atomic E-state index is 10.8. The maximum absolute atomic E-state index is 10.8. The third kappa shape index (κ3) is 3.82. The van der Waals surface area contributed by atoms with Crippen molar-refractivity contribution in [2.45, 2.75) is 52.0 Å². The van der Waals surface area contributed by atoms with Gasteiger partial charge in [0.25, 0.3) is 0 Å². The molecule has 0 aliphatic heterocycles. The molecule has 0 bridgehead atoms. The summed E-state index contributed by atoms with van der Waals surface area (Å²) in [6, 6.07) is 0.434. The van der Waals surface area contributed by atoms with Crippen LogP contribution in [0.2, 0.25) is 0 Å². The Bertz CT molecular complexity index is 200. The van der Waals surface area contributed by atoms with Crippen molar-refractivity contribution in [3.8, 4) is 0 Å². The number of carbonyl (C=O) groups is 1. The number of carboxylic acids is 1. The van der Waals surface area contributed by atoms with Gasteiger partial charge in [0.2, 0.25) is 0 Å². The monoisotopic (exact) mass is 213 g/mol. The van der Waals surface area contributed by atoms with Crippen LogP contribution in [-0.2, 0) is 4.79 Å². The Morgan fingerprint density at radius 3 is 2.53 bits per heavy atom. The van der Waals surface area contributed by atoms with Crippen LogP contribution in [0.3, 0.4) is 0 Å². The first-order valence-electron chi connectivity index (χ1n) is 6.11. The quantitative estimate of drug-likeness (QED) is 0.736. The van der Waals surface area contributed by atoms with E-state index in [9.17, 15) is 4.79 Å². The van der Waals surface area contributed by atoms with Gasteiger partial charge in [0.1, 0.15) is 0 Å². The van der Waals surface area contributed by atoms with Crippen LogP contribution < -0.4 is 0 Å². The lowest BCUT2D eigenvalue weighted by Crippen LogP contribution is -2.41. The summed E-state index contributed by atoms with van der Waals surface area (Å²) in [5.74, 6) is 0.0178. The number of aliphatic carboxylic acids is 1. The number of hydrogen-bond donors (Lipinski definition) is 1. The molecule has 1 unspecified atom stereocenters. The molecule has 1 atom stereocenters. The van der Waals surface area contributed by atoms with Gasteiger partial charge >= 0.3 is 5.97 Å². The van der Waals surface area contributed by atoms with Gasteiger partial charge in [-0.2, -0.15) is 0 Å². The van der Waals surface area contributed by atoms with Crippen LogP contribution in [0.1, 0.15) is 46.0 Å². The van der Waals surface area contributed by atoms with Crippen LogP contribution >= 0.6 is 0 Å². The van der Waals surface area contributed by atoms with Crippen molar-refractivity contribution < 1.29 is 9.90 Å². The highest BCUT2D eigenvalue weighted by Crippen LogP contribution is 2.30. The maximum Gasteiger partial charge on any atom is 0.317 e. The Balaban J connectivity index is 2.48. The summed E-state index contributed by atoms with van der Waals surface area (Å²) in [5.41, 5.74) is 0. The fourth-order valence-corrected chi connectivity index (χ4v) is 2.63. The number of nitrogens with zero attached hydrogens (tertiary/aromatic N) is 1. The smallest absolute Gasteiger partial charge is 0.317 e. The van der Waals surface area contributed by atoms with E-state index in [1.807, 2.05) is 0 Å². The standard InChI is InChI=1S/C12H23NO2/c1-3-8-13(9-12(14)15)10(2)11-6-4-5-7-11/h10-11H,3-9H2,1-2H3,(H,14,15). The van der Waals surface area contributed by atoms with E-state index in [2.05, 4.69) is 18.7 Å². The lowest BCUT2D eigenvalue weighted by Gasteiger charge is -2.31. The zero-order valence-electron chi connectivity index (χ0n) is 9.91. The minimum atomic E-state index is -0.701. The summed E-state index contributed by atoms with van der Waals surface area (Å²) in [6.45, 7) is 5.40. The lowest BCUT2D eigenvalue weighted by atomic mass is 9.98. The largest absolute Gasteiger partial charge is 0.480 e. The van der Waals surface area contributed by atoms with Crippen molar-refractivity contribution in [3.63, 3.8) is 0 Å². The van der Waals surface area contributed by atoms with E-state index in [1.54, 1.807) is 0 Å². The van der Waals surface area contributed by atoms with Crippen LogP contribution in [0.4, 0.5) is 0 Å². The first-order valence-corrected chi connectivity index (χ1v) is 6.11. The molecule has 1 aliphatic rings. The molecular weight excluding hydrogens is 190 g/mol. The second-order valence-corrected chi connectivity index (χ2v) is 4.65. The molecule has 3 nitrogen and oxygen atoms in total. The number of rotatable bonds is 6. The third-order valence-corrected chi connectivity index (χ3v) is 3.51. The SMILES string of the molecule is CCCN(CC(=O)O)C(C)C1CCCC1. The van der Waals surface area contributed by atoms with Gasteiger partial charge < -0.3 is 5.11 Å². The molecule has 0 spiro atoms. The number of carboxylic acid groups (broad SMARTS) is 1. The number of hydrogen-bond acceptors (Lipinski definition) is 2. The van der Waals surface area contributed by atoms with Gasteiger partial charge in [0.15, 0.2) is 0 Å². The van der Waals surface area contributed by atoms with Gasteiger partial charge in [-0.05, 0) is 38.6 Å². The van der Waals surface area contributed by atoms with Gasteiger partial charge in [-0.1, -0.05) is 19.8 Å². The summed E-state index contributed by atoms with van der Waals surface area (Å²) in [7, 11) is 0. The molecule has 15 heavy (non-hydrogen) atoms. The molecule has 0 aromatic heterocycles. The summed E-state index contributed by atoms with van der Waals surface area (Å²) in [6.07, 6.45) is 6.23. The fraction of sp³-hybridized carbons (Fsp3) is 0.917. The summed E-state index contributed by atoms with van der Waals surface area (Å²) in [4.78, 5) is 12.9. The molecule has 0 aromatic carbocycles. The molecule has 0 amide bonds. The Labute approximate surface area is 92.5 Å². The van der Waals surface area contributed by atoms with Crippen LogP contribution in [0.5, 0.6) is 0 Å². The molecule has 1 aliphatic carbocycles. The van der Waals surface area contributed by atoms with Crippen LogP contribution in [0.15, 0.2) is 0 Å². The highest BCUT2D eigenvalue weighted by molar-refractivity contribution is 5.69. The average Bonchev–Trinajstić information content (AvgIpc) is 2.68. The first-order chi connectivity index (χ1) is 7.15. The third-order valence-electron chi connectivity index (χ3n) is 3.51. The van der Waals surface area contributed by atoms with Gasteiger partial charge in [-0.15, -0.1) is 0 Å². The summed E-state index contributed by atoms with van der Waals surface area (Å²) >= 11 is 0. The van der Waals surface area contributed by atoms with Gasteiger partial charge in [-0.3, -0.25) is 9.69 Å². The minimum Gasteiger partial charge on any atom is -0.480 e. The Morgan fingerprint density at radius 2 is 2.07 bits per heavy atom. The molecule has 3 heteroatoms. The van der Waals surface area contributed by atoms with E-state index in [1.165, 1.54) is 25.7 Å². The molecular formula is C12H23NO2. The van der Waals surface area contributed by atoms with E-state index in [4.69, 9.17) is 5.11 Å². The van der Waals surface area contributed by atoms with E-state index < -0.39 is 5.97 Å². The van der Waals surface area contributed by atoms with Gasteiger partial charge in [0.05, 0.1) is 6.54 Å². The summed E-state index contributed by atoms with van der Waals surface area (Å²) < 4.78 is 0. The van der Waals surface area contributed by atoms with Crippen molar-refractivity contribution in [2.75, 3.05) is 13.1 Å². The van der Waals surface area contributed by atoms with Gasteiger partial charge in [-0.25, -0.2) is 0 Å². The predicted octanol–water partition coefficient (Wildman–Crippen LogP) is 2.36. The zero-order chi connectivity index (χ0) is 11.3. The normalized spacial score (nSPS) is 19.7. The second-order valence-electron chi connectivity index (χ2n) is 4.65. The fourth-order valence-electron chi connectivity index (χ4n) is 2.63. The van der Waals surface area contributed by atoms with Crippen LogP contribution in [0, 0.1) is 5.92 Å². The highest BCUT2D eigenvalue weighted by atomic mass is 16.4. The Kier molecular flexibility index (Phi) is 5.09.